The molecule has 27 heavy (non-hydrogen) atoms. The van der Waals surface area contributed by atoms with E-state index in [2.05, 4.69) is 71.9 Å². The minimum atomic E-state index is -0.204. The highest BCUT2D eigenvalue weighted by atomic mass is 17.2. The smallest absolute Gasteiger partial charge is 0.0952 e. The lowest BCUT2D eigenvalue weighted by Gasteiger charge is -2.38. The highest BCUT2D eigenvalue weighted by molar-refractivity contribution is 5.15. The van der Waals surface area contributed by atoms with Crippen LogP contribution in [0.2, 0.25) is 0 Å². The van der Waals surface area contributed by atoms with Crippen LogP contribution in [0.25, 0.3) is 0 Å². The van der Waals surface area contributed by atoms with Crippen molar-refractivity contribution in [3.05, 3.63) is 35.9 Å². The molecule has 1 aliphatic carbocycles. The van der Waals surface area contributed by atoms with Crippen molar-refractivity contribution in [2.45, 2.75) is 99.7 Å². The maximum atomic E-state index is 5.55. The van der Waals surface area contributed by atoms with Gasteiger partial charge in [-0.05, 0) is 75.2 Å². The largest absolute Gasteiger partial charge is 0.233 e. The monoisotopic (exact) mass is 376 g/mol. The van der Waals surface area contributed by atoms with Crippen LogP contribution in [0.5, 0.6) is 0 Å². The first-order valence-corrected chi connectivity index (χ1v) is 10.8. The Bertz CT molecular complexity index is 513. The van der Waals surface area contributed by atoms with Gasteiger partial charge in [0.25, 0.3) is 0 Å². The van der Waals surface area contributed by atoms with E-state index >= 15 is 0 Å². The van der Waals surface area contributed by atoms with E-state index in [0.29, 0.717) is 5.41 Å². The van der Waals surface area contributed by atoms with Gasteiger partial charge in [0.15, 0.2) is 0 Å². The zero-order chi connectivity index (χ0) is 20.7. The molecule has 0 saturated heterocycles. The van der Waals surface area contributed by atoms with Gasteiger partial charge in [-0.2, -0.15) is 0 Å². The number of rotatable bonds is 5. The molecule has 1 aromatic rings. The van der Waals surface area contributed by atoms with Crippen molar-refractivity contribution in [3.8, 4) is 0 Å². The average Bonchev–Trinajstić information content (AvgIpc) is 2.52. The van der Waals surface area contributed by atoms with Crippen LogP contribution in [0, 0.1) is 23.2 Å². The molecule has 2 heteroatoms. The average molecular weight is 377 g/mol. The van der Waals surface area contributed by atoms with Gasteiger partial charge >= 0.3 is 0 Å². The number of hydrogen-bond acceptors (Lipinski definition) is 2. The lowest BCUT2D eigenvalue weighted by Crippen LogP contribution is -2.34. The fraction of sp³-hybridized carbons (Fsp3) is 0.760. The van der Waals surface area contributed by atoms with Gasteiger partial charge in [0, 0.05) is 0 Å². The van der Waals surface area contributed by atoms with E-state index in [1.165, 1.54) is 18.4 Å². The summed E-state index contributed by atoms with van der Waals surface area (Å²) in [4.78, 5) is 11.0. The van der Waals surface area contributed by atoms with Gasteiger partial charge < -0.3 is 0 Å². The summed E-state index contributed by atoms with van der Waals surface area (Å²) >= 11 is 0. The summed E-state index contributed by atoms with van der Waals surface area (Å²) in [7, 11) is 0. The van der Waals surface area contributed by atoms with Gasteiger partial charge in [0.1, 0.15) is 0 Å². The first-order chi connectivity index (χ1) is 12.4. The third kappa shape index (κ3) is 10.9. The quantitative estimate of drug-likeness (QED) is 0.392. The van der Waals surface area contributed by atoms with Crippen LogP contribution in [0.15, 0.2) is 30.3 Å². The Kier molecular flexibility index (Phi) is 9.51. The van der Waals surface area contributed by atoms with Crippen molar-refractivity contribution in [2.75, 3.05) is 0 Å². The third-order valence-electron chi connectivity index (χ3n) is 5.32. The SMILES string of the molecule is CC(C)C(C)Cc1ccccc1.CC1CC(OOC(C)(C)C)CC(C)(C)C1. The number of benzene rings is 1. The molecule has 0 radical (unpaired) electrons. The van der Waals surface area contributed by atoms with Crippen LogP contribution in [-0.2, 0) is 16.2 Å². The minimum absolute atomic E-state index is 0.204. The van der Waals surface area contributed by atoms with Crippen molar-refractivity contribution < 1.29 is 9.78 Å². The molecule has 1 aromatic carbocycles. The van der Waals surface area contributed by atoms with E-state index < -0.39 is 0 Å². The molecule has 1 fully saturated rings. The summed E-state index contributed by atoms with van der Waals surface area (Å²) < 4.78 is 0. The standard InChI is InChI=1S/C13H26O2.C12H18/c1-10-7-11(9-13(5,6)8-10)14-15-12(2,3)4;1-10(2)11(3)9-12-7-5-4-6-8-12/h10-11H,7-9H2,1-6H3;4-8,10-11H,9H2,1-3H3. The highest BCUT2D eigenvalue weighted by Gasteiger charge is 2.33. The molecule has 2 rings (SSSR count). The fourth-order valence-corrected chi connectivity index (χ4v) is 3.77. The molecule has 0 N–H and O–H groups in total. The third-order valence-corrected chi connectivity index (χ3v) is 5.32. The Balaban J connectivity index is 0.000000277. The van der Waals surface area contributed by atoms with E-state index in [0.717, 1.165) is 30.6 Å². The van der Waals surface area contributed by atoms with Crippen molar-refractivity contribution in [2.24, 2.45) is 23.2 Å². The van der Waals surface area contributed by atoms with Gasteiger partial charge in [-0.3, -0.25) is 0 Å². The summed E-state index contributed by atoms with van der Waals surface area (Å²) in [6.45, 7) is 19.9. The van der Waals surface area contributed by atoms with Gasteiger partial charge in [0.2, 0.25) is 0 Å². The first-order valence-electron chi connectivity index (χ1n) is 10.8. The van der Waals surface area contributed by atoms with E-state index in [4.69, 9.17) is 9.78 Å². The lowest BCUT2D eigenvalue weighted by molar-refractivity contribution is -0.380. The summed E-state index contributed by atoms with van der Waals surface area (Å²) in [5, 5.41) is 0. The molecule has 0 amide bonds. The Hall–Kier alpha value is -0.860. The molecule has 0 aromatic heterocycles. The van der Waals surface area contributed by atoms with Gasteiger partial charge in [-0.1, -0.05) is 71.9 Å². The van der Waals surface area contributed by atoms with E-state index in [9.17, 15) is 0 Å². The van der Waals surface area contributed by atoms with E-state index in [1.807, 2.05) is 20.8 Å². The first kappa shape index (κ1) is 24.2. The predicted molar refractivity (Wildman–Crippen MR) is 117 cm³/mol. The zero-order valence-corrected chi connectivity index (χ0v) is 19.3. The molecular weight excluding hydrogens is 332 g/mol. The Labute approximate surface area is 169 Å². The summed E-state index contributed by atoms with van der Waals surface area (Å²) in [5.41, 5.74) is 1.65. The summed E-state index contributed by atoms with van der Waals surface area (Å²) in [5.74, 6) is 2.31. The molecule has 3 unspecified atom stereocenters. The molecule has 0 spiro atoms. The zero-order valence-electron chi connectivity index (χ0n) is 19.3. The molecule has 0 bridgehead atoms. The molecule has 2 nitrogen and oxygen atoms in total. The van der Waals surface area contributed by atoms with Crippen LogP contribution in [0.1, 0.15) is 87.1 Å². The van der Waals surface area contributed by atoms with Crippen LogP contribution >= 0.6 is 0 Å². The molecular formula is C25H44O2. The second-order valence-electron chi connectivity index (χ2n) is 10.7. The van der Waals surface area contributed by atoms with Crippen LogP contribution in [0.4, 0.5) is 0 Å². The van der Waals surface area contributed by atoms with Gasteiger partial charge in [-0.15, -0.1) is 0 Å². The predicted octanol–water partition coefficient (Wildman–Crippen LogP) is 7.47. The Morgan fingerprint density at radius 1 is 1.04 bits per heavy atom. The molecule has 156 valence electrons. The maximum absolute atomic E-state index is 5.55. The van der Waals surface area contributed by atoms with E-state index in [1.54, 1.807) is 0 Å². The van der Waals surface area contributed by atoms with Crippen molar-refractivity contribution in [1.29, 1.82) is 0 Å². The summed E-state index contributed by atoms with van der Waals surface area (Å²) in [6, 6.07) is 10.7. The minimum Gasteiger partial charge on any atom is -0.233 e. The highest BCUT2D eigenvalue weighted by Crippen LogP contribution is 2.40. The second kappa shape index (κ2) is 10.6. The number of hydrogen-bond donors (Lipinski definition) is 0. The normalized spacial score (nSPS) is 23.5. The Morgan fingerprint density at radius 2 is 1.63 bits per heavy atom. The van der Waals surface area contributed by atoms with E-state index in [-0.39, 0.29) is 11.7 Å². The fourth-order valence-electron chi connectivity index (χ4n) is 3.77. The summed E-state index contributed by atoms with van der Waals surface area (Å²) in [6.07, 6.45) is 5.00. The molecule has 0 aliphatic heterocycles. The van der Waals surface area contributed by atoms with Crippen molar-refractivity contribution in [3.63, 3.8) is 0 Å². The topological polar surface area (TPSA) is 18.5 Å². The molecule has 1 saturated carbocycles. The van der Waals surface area contributed by atoms with Crippen molar-refractivity contribution >= 4 is 0 Å². The van der Waals surface area contributed by atoms with Gasteiger partial charge in [0.05, 0.1) is 11.7 Å². The molecule has 3 atom stereocenters. The van der Waals surface area contributed by atoms with Crippen molar-refractivity contribution in [1.82, 2.24) is 0 Å². The lowest BCUT2D eigenvalue weighted by atomic mass is 9.71. The van der Waals surface area contributed by atoms with Crippen LogP contribution < -0.4 is 0 Å². The molecule has 1 aliphatic rings. The van der Waals surface area contributed by atoms with Crippen LogP contribution in [-0.4, -0.2) is 11.7 Å². The molecule has 0 heterocycles. The van der Waals surface area contributed by atoms with Gasteiger partial charge in [-0.25, -0.2) is 9.78 Å². The van der Waals surface area contributed by atoms with Crippen LogP contribution in [0.3, 0.4) is 0 Å². The second-order valence-corrected chi connectivity index (χ2v) is 10.7. The Morgan fingerprint density at radius 3 is 2.11 bits per heavy atom. The maximum Gasteiger partial charge on any atom is 0.0952 e.